The van der Waals surface area contributed by atoms with Crippen LogP contribution in [0.1, 0.15) is 24.1 Å². The molecule has 2 N–H and O–H groups in total. The van der Waals surface area contributed by atoms with Gasteiger partial charge in [0.05, 0.1) is 0 Å². The first-order valence-corrected chi connectivity index (χ1v) is 7.81. The molecule has 0 radical (unpaired) electrons. The molecular formula is C17H20Cl2N2. The fourth-order valence-electron chi connectivity index (χ4n) is 2.21. The van der Waals surface area contributed by atoms with E-state index < -0.39 is 0 Å². The molecule has 1 unspecified atom stereocenters. The first-order valence-electron chi connectivity index (χ1n) is 7.05. The number of benzene rings is 2. The molecule has 2 rings (SSSR count). The number of aryl methyl sites for hydroxylation is 1. The Balaban J connectivity index is 1.80. The molecule has 2 aromatic carbocycles. The van der Waals surface area contributed by atoms with Crippen molar-refractivity contribution in [1.82, 2.24) is 5.32 Å². The molecule has 1 atom stereocenters. The number of hydrogen-bond acceptors (Lipinski definition) is 2. The summed E-state index contributed by atoms with van der Waals surface area (Å²) in [5, 5.41) is 8.22. The van der Waals surface area contributed by atoms with E-state index in [1.54, 1.807) is 6.07 Å². The van der Waals surface area contributed by atoms with Crippen molar-refractivity contribution >= 4 is 28.9 Å². The van der Waals surface area contributed by atoms with Crippen LogP contribution >= 0.6 is 23.2 Å². The lowest BCUT2D eigenvalue weighted by atomic mass is 10.1. The van der Waals surface area contributed by atoms with Crippen molar-refractivity contribution in [1.29, 1.82) is 0 Å². The van der Waals surface area contributed by atoms with Crippen molar-refractivity contribution in [3.63, 3.8) is 0 Å². The summed E-state index contributed by atoms with van der Waals surface area (Å²) < 4.78 is 0. The minimum atomic E-state index is 0.189. The van der Waals surface area contributed by atoms with E-state index in [0.717, 1.165) is 24.3 Å². The zero-order chi connectivity index (χ0) is 15.2. The topological polar surface area (TPSA) is 24.1 Å². The highest BCUT2D eigenvalue weighted by atomic mass is 35.5. The van der Waals surface area contributed by atoms with Crippen molar-refractivity contribution in [3.05, 3.63) is 63.6 Å². The van der Waals surface area contributed by atoms with Crippen molar-refractivity contribution in [2.24, 2.45) is 0 Å². The summed E-state index contributed by atoms with van der Waals surface area (Å²) >= 11 is 12.1. The molecule has 4 heteroatoms. The van der Waals surface area contributed by atoms with Crippen LogP contribution in [0.3, 0.4) is 0 Å². The molecule has 112 valence electrons. The quantitative estimate of drug-likeness (QED) is 0.726. The zero-order valence-electron chi connectivity index (χ0n) is 12.3. The van der Waals surface area contributed by atoms with E-state index in [2.05, 4.69) is 48.7 Å². The van der Waals surface area contributed by atoms with Gasteiger partial charge in [0, 0.05) is 34.9 Å². The Hall–Kier alpha value is -1.22. The number of hydrogen-bond donors (Lipinski definition) is 2. The van der Waals surface area contributed by atoms with Crippen molar-refractivity contribution in [2.75, 3.05) is 18.4 Å². The number of nitrogens with one attached hydrogen (secondary N) is 2. The maximum absolute atomic E-state index is 6.21. The third kappa shape index (κ3) is 4.92. The lowest BCUT2D eigenvalue weighted by Gasteiger charge is -2.16. The van der Waals surface area contributed by atoms with Crippen LogP contribution in [-0.4, -0.2) is 13.1 Å². The van der Waals surface area contributed by atoms with E-state index in [9.17, 15) is 0 Å². The summed E-state index contributed by atoms with van der Waals surface area (Å²) in [6, 6.07) is 14.2. The summed E-state index contributed by atoms with van der Waals surface area (Å²) in [7, 11) is 0. The molecule has 0 aliphatic rings. The van der Waals surface area contributed by atoms with Crippen LogP contribution in [0.5, 0.6) is 0 Å². The van der Waals surface area contributed by atoms with E-state index in [0.29, 0.717) is 10.0 Å². The maximum Gasteiger partial charge on any atom is 0.0468 e. The molecule has 0 aliphatic carbocycles. The molecule has 0 spiro atoms. The number of rotatable bonds is 6. The molecule has 21 heavy (non-hydrogen) atoms. The van der Waals surface area contributed by atoms with Crippen LogP contribution in [0.4, 0.5) is 5.69 Å². The Labute approximate surface area is 136 Å². The van der Waals surface area contributed by atoms with Crippen molar-refractivity contribution < 1.29 is 0 Å². The zero-order valence-corrected chi connectivity index (χ0v) is 13.8. The second kappa shape index (κ2) is 7.69. The summed E-state index contributed by atoms with van der Waals surface area (Å²) in [6.45, 7) is 5.91. The van der Waals surface area contributed by atoms with Gasteiger partial charge in [-0.25, -0.2) is 0 Å². The summed E-state index contributed by atoms with van der Waals surface area (Å²) in [5.74, 6) is 0. The minimum Gasteiger partial charge on any atom is -0.384 e. The SMILES string of the molecule is Cc1cccc(NCCNC(C)c2ccc(Cl)cc2Cl)c1. The predicted octanol–water partition coefficient (Wildman–Crippen LogP) is 5.06. The molecule has 0 saturated carbocycles. The molecule has 0 aliphatic heterocycles. The van der Waals surface area contributed by atoms with Gasteiger partial charge in [0.15, 0.2) is 0 Å². The molecule has 0 aromatic heterocycles. The van der Waals surface area contributed by atoms with Gasteiger partial charge in [-0.05, 0) is 49.2 Å². The van der Waals surface area contributed by atoms with Crippen LogP contribution < -0.4 is 10.6 Å². The summed E-state index contributed by atoms with van der Waals surface area (Å²) in [4.78, 5) is 0. The number of halogens is 2. The largest absolute Gasteiger partial charge is 0.384 e. The first kappa shape index (κ1) is 16.2. The normalized spacial score (nSPS) is 12.2. The van der Waals surface area contributed by atoms with Crippen LogP contribution in [0, 0.1) is 6.92 Å². The minimum absolute atomic E-state index is 0.189. The van der Waals surface area contributed by atoms with Gasteiger partial charge in [0.25, 0.3) is 0 Å². The average molecular weight is 323 g/mol. The molecule has 0 saturated heterocycles. The van der Waals surface area contributed by atoms with Crippen LogP contribution in [0.2, 0.25) is 10.0 Å². The average Bonchev–Trinajstić information content (AvgIpc) is 2.43. The van der Waals surface area contributed by atoms with Gasteiger partial charge in [0.2, 0.25) is 0 Å². The van der Waals surface area contributed by atoms with Crippen LogP contribution in [0.15, 0.2) is 42.5 Å². The fourth-order valence-corrected chi connectivity index (χ4v) is 2.79. The second-order valence-electron chi connectivity index (χ2n) is 5.14. The summed E-state index contributed by atoms with van der Waals surface area (Å²) in [5.41, 5.74) is 3.47. The second-order valence-corrected chi connectivity index (χ2v) is 5.98. The Bertz CT molecular complexity index is 599. The van der Waals surface area contributed by atoms with Gasteiger partial charge >= 0.3 is 0 Å². The molecule has 0 fully saturated rings. The molecule has 2 aromatic rings. The Kier molecular flexibility index (Phi) is 5.92. The first-order chi connectivity index (χ1) is 10.1. The van der Waals surface area contributed by atoms with Gasteiger partial charge in [-0.1, -0.05) is 41.4 Å². The monoisotopic (exact) mass is 322 g/mol. The smallest absolute Gasteiger partial charge is 0.0468 e. The third-order valence-electron chi connectivity index (χ3n) is 3.35. The van der Waals surface area contributed by atoms with Gasteiger partial charge < -0.3 is 10.6 Å². The van der Waals surface area contributed by atoms with E-state index in [1.165, 1.54) is 5.56 Å². The Morgan fingerprint density at radius 2 is 1.86 bits per heavy atom. The van der Waals surface area contributed by atoms with E-state index in [-0.39, 0.29) is 6.04 Å². The van der Waals surface area contributed by atoms with Gasteiger partial charge in [0.1, 0.15) is 0 Å². The Morgan fingerprint density at radius 1 is 1.05 bits per heavy atom. The lowest BCUT2D eigenvalue weighted by Crippen LogP contribution is -2.25. The number of anilines is 1. The van der Waals surface area contributed by atoms with E-state index in [1.807, 2.05) is 12.1 Å². The van der Waals surface area contributed by atoms with Crippen LogP contribution in [-0.2, 0) is 0 Å². The Morgan fingerprint density at radius 3 is 2.57 bits per heavy atom. The third-order valence-corrected chi connectivity index (χ3v) is 3.91. The molecule has 0 bridgehead atoms. The lowest BCUT2D eigenvalue weighted by molar-refractivity contribution is 0.588. The summed E-state index contributed by atoms with van der Waals surface area (Å²) in [6.07, 6.45) is 0. The van der Waals surface area contributed by atoms with Gasteiger partial charge in [-0.15, -0.1) is 0 Å². The van der Waals surface area contributed by atoms with E-state index in [4.69, 9.17) is 23.2 Å². The highest BCUT2D eigenvalue weighted by Gasteiger charge is 2.09. The van der Waals surface area contributed by atoms with E-state index >= 15 is 0 Å². The standard InChI is InChI=1S/C17H20Cl2N2/c1-12-4-3-5-15(10-12)21-9-8-20-13(2)16-7-6-14(18)11-17(16)19/h3-7,10-11,13,20-21H,8-9H2,1-2H3. The fraction of sp³-hybridized carbons (Fsp3) is 0.294. The molecule has 0 amide bonds. The highest BCUT2D eigenvalue weighted by molar-refractivity contribution is 6.35. The van der Waals surface area contributed by atoms with Gasteiger partial charge in [-0.2, -0.15) is 0 Å². The van der Waals surface area contributed by atoms with Crippen molar-refractivity contribution in [3.8, 4) is 0 Å². The maximum atomic E-state index is 6.21. The highest BCUT2D eigenvalue weighted by Crippen LogP contribution is 2.25. The van der Waals surface area contributed by atoms with Crippen LogP contribution in [0.25, 0.3) is 0 Å². The van der Waals surface area contributed by atoms with Crippen molar-refractivity contribution in [2.45, 2.75) is 19.9 Å². The predicted molar refractivity (Wildman–Crippen MR) is 92.5 cm³/mol. The molecule has 0 heterocycles. The molecular weight excluding hydrogens is 303 g/mol. The van der Waals surface area contributed by atoms with Gasteiger partial charge in [-0.3, -0.25) is 0 Å². The molecule has 2 nitrogen and oxygen atoms in total.